The number of halogens is 1. The first-order valence-electron chi connectivity index (χ1n) is 9.80. The van der Waals surface area contributed by atoms with Gasteiger partial charge in [-0.25, -0.2) is 0 Å². The van der Waals surface area contributed by atoms with Gasteiger partial charge in [0.05, 0.1) is 13.2 Å². The van der Waals surface area contributed by atoms with E-state index in [1.54, 1.807) is 7.11 Å². The van der Waals surface area contributed by atoms with Crippen molar-refractivity contribution in [3.8, 4) is 0 Å². The number of aliphatic imine (C=N–C) groups is 1. The predicted molar refractivity (Wildman–Crippen MR) is 123 cm³/mol. The molecule has 1 aromatic rings. The summed E-state index contributed by atoms with van der Waals surface area (Å²) in [7, 11) is 1.77. The maximum Gasteiger partial charge on any atom is 0.191 e. The highest BCUT2D eigenvalue weighted by atomic mass is 127. The molecular formula is C21H36IN3O2. The van der Waals surface area contributed by atoms with Crippen LogP contribution in [-0.4, -0.2) is 45.9 Å². The van der Waals surface area contributed by atoms with Crippen LogP contribution in [0.1, 0.15) is 38.7 Å². The number of methoxy groups -OCH3 is 1. The van der Waals surface area contributed by atoms with Crippen molar-refractivity contribution in [2.24, 2.45) is 16.3 Å². The Kier molecular flexibility index (Phi) is 11.9. The summed E-state index contributed by atoms with van der Waals surface area (Å²) in [6.07, 6.45) is 3.64. The van der Waals surface area contributed by atoms with Crippen LogP contribution in [0, 0.1) is 11.3 Å². The van der Waals surface area contributed by atoms with E-state index < -0.39 is 0 Å². The minimum atomic E-state index is 0. The number of ether oxygens (including phenoxy) is 2. The zero-order valence-electron chi connectivity index (χ0n) is 17.0. The Bertz CT molecular complexity index is 535. The van der Waals surface area contributed by atoms with Gasteiger partial charge in [-0.1, -0.05) is 37.3 Å². The molecule has 1 atom stereocenters. The molecule has 1 unspecified atom stereocenters. The fourth-order valence-corrected chi connectivity index (χ4v) is 2.85. The summed E-state index contributed by atoms with van der Waals surface area (Å²) in [6, 6.07) is 10.3. The molecule has 1 aliphatic carbocycles. The van der Waals surface area contributed by atoms with Crippen molar-refractivity contribution in [1.82, 2.24) is 10.6 Å². The Morgan fingerprint density at radius 1 is 1.22 bits per heavy atom. The van der Waals surface area contributed by atoms with E-state index in [1.807, 2.05) is 18.2 Å². The molecule has 1 fully saturated rings. The summed E-state index contributed by atoms with van der Waals surface area (Å²) in [5.41, 5.74) is 1.59. The molecule has 6 heteroatoms. The average molecular weight is 489 g/mol. The minimum absolute atomic E-state index is 0. The standard InChI is InChI=1S/C21H35N3O2.HI/c1-4-22-20(24-17-21(10-11-21)12-13-25-3)23-14-18(2)15-26-16-19-8-6-5-7-9-19;/h5-9,18H,4,10-17H2,1-3H3,(H2,22,23,24);1H. The molecule has 1 saturated carbocycles. The van der Waals surface area contributed by atoms with E-state index in [1.165, 1.54) is 18.4 Å². The summed E-state index contributed by atoms with van der Waals surface area (Å²) in [4.78, 5) is 4.80. The van der Waals surface area contributed by atoms with Crippen LogP contribution in [0.2, 0.25) is 0 Å². The Morgan fingerprint density at radius 2 is 1.96 bits per heavy atom. The number of hydrogen-bond acceptors (Lipinski definition) is 3. The van der Waals surface area contributed by atoms with Gasteiger partial charge in [-0.15, -0.1) is 24.0 Å². The van der Waals surface area contributed by atoms with E-state index in [4.69, 9.17) is 14.5 Å². The molecule has 0 amide bonds. The maximum atomic E-state index is 5.83. The summed E-state index contributed by atoms with van der Waals surface area (Å²) in [5, 5.41) is 6.80. The van der Waals surface area contributed by atoms with Crippen LogP contribution in [0.5, 0.6) is 0 Å². The third kappa shape index (κ3) is 9.76. The minimum Gasteiger partial charge on any atom is -0.385 e. The van der Waals surface area contributed by atoms with Gasteiger partial charge in [0.2, 0.25) is 0 Å². The molecule has 0 spiro atoms. The number of rotatable bonds is 12. The molecule has 0 saturated heterocycles. The molecule has 0 aliphatic heterocycles. The number of hydrogen-bond donors (Lipinski definition) is 2. The van der Waals surface area contributed by atoms with Crippen LogP contribution >= 0.6 is 24.0 Å². The fourth-order valence-electron chi connectivity index (χ4n) is 2.85. The Morgan fingerprint density at radius 3 is 2.59 bits per heavy atom. The van der Waals surface area contributed by atoms with E-state index in [0.717, 1.165) is 45.2 Å². The molecule has 27 heavy (non-hydrogen) atoms. The second kappa shape index (κ2) is 13.3. The van der Waals surface area contributed by atoms with Crippen molar-refractivity contribution >= 4 is 29.9 Å². The molecule has 1 aromatic carbocycles. The lowest BCUT2D eigenvalue weighted by Crippen LogP contribution is -2.40. The number of benzene rings is 1. The second-order valence-electron chi connectivity index (χ2n) is 7.42. The van der Waals surface area contributed by atoms with Crippen LogP contribution in [0.3, 0.4) is 0 Å². The summed E-state index contributed by atoms with van der Waals surface area (Å²) in [6.45, 7) is 9.13. The van der Waals surface area contributed by atoms with Gasteiger partial charge in [0.1, 0.15) is 0 Å². The smallest absolute Gasteiger partial charge is 0.191 e. The van der Waals surface area contributed by atoms with E-state index in [0.29, 0.717) is 17.9 Å². The third-order valence-corrected chi connectivity index (χ3v) is 4.84. The molecular weight excluding hydrogens is 453 g/mol. The normalized spacial score (nSPS) is 16.3. The van der Waals surface area contributed by atoms with Crippen LogP contribution < -0.4 is 10.6 Å². The highest BCUT2D eigenvalue weighted by molar-refractivity contribution is 14.0. The average Bonchev–Trinajstić information content (AvgIpc) is 3.43. The zero-order valence-corrected chi connectivity index (χ0v) is 19.3. The van der Waals surface area contributed by atoms with Gasteiger partial charge in [-0.3, -0.25) is 4.99 Å². The lowest BCUT2D eigenvalue weighted by Gasteiger charge is -2.18. The van der Waals surface area contributed by atoms with Crippen molar-refractivity contribution in [3.05, 3.63) is 35.9 Å². The highest BCUT2D eigenvalue weighted by Crippen LogP contribution is 2.48. The van der Waals surface area contributed by atoms with Crippen molar-refractivity contribution in [3.63, 3.8) is 0 Å². The first-order valence-corrected chi connectivity index (χ1v) is 9.80. The van der Waals surface area contributed by atoms with E-state index in [9.17, 15) is 0 Å². The van der Waals surface area contributed by atoms with Crippen LogP contribution in [-0.2, 0) is 16.1 Å². The third-order valence-electron chi connectivity index (χ3n) is 4.84. The van der Waals surface area contributed by atoms with Gasteiger partial charge in [0.25, 0.3) is 0 Å². The molecule has 1 aliphatic rings. The second-order valence-corrected chi connectivity index (χ2v) is 7.42. The van der Waals surface area contributed by atoms with Crippen molar-refractivity contribution in [1.29, 1.82) is 0 Å². The van der Waals surface area contributed by atoms with E-state index in [2.05, 4.69) is 36.6 Å². The Hall–Kier alpha value is -0.860. The van der Waals surface area contributed by atoms with Gasteiger partial charge in [-0.2, -0.15) is 0 Å². The monoisotopic (exact) mass is 489 g/mol. The molecule has 0 heterocycles. The van der Waals surface area contributed by atoms with Gasteiger partial charge >= 0.3 is 0 Å². The van der Waals surface area contributed by atoms with Crippen LogP contribution in [0.25, 0.3) is 0 Å². The van der Waals surface area contributed by atoms with Crippen LogP contribution in [0.15, 0.2) is 35.3 Å². The van der Waals surface area contributed by atoms with Gasteiger partial charge < -0.3 is 20.1 Å². The molecule has 2 N–H and O–H groups in total. The van der Waals surface area contributed by atoms with Crippen molar-refractivity contribution in [2.45, 2.75) is 39.7 Å². The molecule has 154 valence electrons. The highest BCUT2D eigenvalue weighted by Gasteiger charge is 2.41. The Balaban J connectivity index is 0.00000364. The number of nitrogens with one attached hydrogen (secondary N) is 2. The zero-order chi connectivity index (χ0) is 18.7. The van der Waals surface area contributed by atoms with Gasteiger partial charge in [-0.05, 0) is 43.1 Å². The Labute approximate surface area is 181 Å². The van der Waals surface area contributed by atoms with Crippen LogP contribution in [0.4, 0.5) is 0 Å². The molecule has 5 nitrogen and oxygen atoms in total. The molecule has 0 radical (unpaired) electrons. The predicted octanol–water partition coefficient (Wildman–Crippen LogP) is 3.83. The lowest BCUT2D eigenvalue weighted by molar-refractivity contribution is 0.0931. The van der Waals surface area contributed by atoms with E-state index >= 15 is 0 Å². The molecule has 2 rings (SSSR count). The molecule has 0 aromatic heterocycles. The summed E-state index contributed by atoms with van der Waals surface area (Å²) >= 11 is 0. The lowest BCUT2D eigenvalue weighted by atomic mass is 10.0. The fraction of sp³-hybridized carbons (Fsp3) is 0.667. The SMILES string of the molecule is CCNC(=NCC1(CCOC)CC1)NCC(C)COCc1ccccc1.I. The molecule has 0 bridgehead atoms. The van der Waals surface area contributed by atoms with E-state index in [-0.39, 0.29) is 24.0 Å². The quantitative estimate of drug-likeness (QED) is 0.266. The maximum absolute atomic E-state index is 5.83. The first kappa shape index (κ1) is 24.2. The van der Waals surface area contributed by atoms with Gasteiger partial charge in [0.15, 0.2) is 5.96 Å². The number of guanidine groups is 1. The summed E-state index contributed by atoms with van der Waals surface area (Å²) < 4.78 is 11.1. The summed E-state index contributed by atoms with van der Waals surface area (Å²) in [5.74, 6) is 1.33. The number of nitrogens with zero attached hydrogens (tertiary/aromatic N) is 1. The topological polar surface area (TPSA) is 54.9 Å². The van der Waals surface area contributed by atoms with Gasteiger partial charge in [0, 0.05) is 33.4 Å². The van der Waals surface area contributed by atoms with Crippen molar-refractivity contribution in [2.75, 3.05) is 40.0 Å². The van der Waals surface area contributed by atoms with Crippen molar-refractivity contribution < 1.29 is 9.47 Å². The first-order chi connectivity index (χ1) is 12.7. The largest absolute Gasteiger partial charge is 0.385 e.